The molecule has 0 spiro atoms. The Labute approximate surface area is 140 Å². The van der Waals surface area contributed by atoms with Crippen LogP contribution in [-0.4, -0.2) is 11.8 Å². The topological polar surface area (TPSA) is 58.2 Å². The van der Waals surface area contributed by atoms with Crippen molar-refractivity contribution >= 4 is 34.8 Å². The molecule has 0 bridgehead atoms. The third-order valence-electron chi connectivity index (χ3n) is 3.21. The fraction of sp³-hybridized carbons (Fsp3) is 0.222. The summed E-state index contributed by atoms with van der Waals surface area (Å²) in [6.45, 7) is 1.96. The summed E-state index contributed by atoms with van der Waals surface area (Å²) in [5.41, 5.74) is 2.31. The number of rotatable bonds is 6. The van der Waals surface area contributed by atoms with Crippen molar-refractivity contribution in [1.29, 1.82) is 0 Å². The van der Waals surface area contributed by atoms with Gasteiger partial charge in [-0.15, -0.1) is 0 Å². The molecule has 2 aromatic rings. The predicted molar refractivity (Wildman–Crippen MR) is 93.8 cm³/mol. The minimum atomic E-state index is -0.102. The monoisotopic (exact) mass is 330 g/mol. The number of carbonyl (C=O) groups excluding carboxylic acids is 2. The Hall–Kier alpha value is -2.33. The molecule has 23 heavy (non-hydrogen) atoms. The number of benzene rings is 2. The average Bonchev–Trinajstić information content (AvgIpc) is 2.52. The van der Waals surface area contributed by atoms with Crippen LogP contribution in [0.1, 0.15) is 25.3 Å². The van der Waals surface area contributed by atoms with Crippen LogP contribution in [0, 0.1) is 0 Å². The maximum Gasteiger partial charge on any atom is 0.228 e. The molecule has 0 radical (unpaired) electrons. The summed E-state index contributed by atoms with van der Waals surface area (Å²) in [5, 5.41) is 6.28. The minimum absolute atomic E-state index is 0.00739. The summed E-state index contributed by atoms with van der Waals surface area (Å²) >= 11 is 5.82. The van der Waals surface area contributed by atoms with Crippen molar-refractivity contribution in [3.8, 4) is 0 Å². The summed E-state index contributed by atoms with van der Waals surface area (Å²) in [6.07, 6.45) is 1.59. The van der Waals surface area contributed by atoms with Crippen molar-refractivity contribution in [3.63, 3.8) is 0 Å². The van der Waals surface area contributed by atoms with Gasteiger partial charge in [-0.2, -0.15) is 0 Å². The van der Waals surface area contributed by atoms with E-state index >= 15 is 0 Å². The summed E-state index contributed by atoms with van der Waals surface area (Å²) in [7, 11) is 0. The number of amides is 2. The standard InChI is InChI=1S/C18H19ClN2O2/c1-2-3-17(22)20-15-8-10-16(11-9-15)21-18(23)12-13-4-6-14(19)7-5-13/h4-11H,2-3,12H2,1H3,(H,20,22)(H,21,23). The third kappa shape index (κ3) is 5.75. The highest BCUT2D eigenvalue weighted by Gasteiger charge is 2.05. The maximum atomic E-state index is 12.0. The van der Waals surface area contributed by atoms with Gasteiger partial charge in [0.15, 0.2) is 0 Å². The minimum Gasteiger partial charge on any atom is -0.326 e. The lowest BCUT2D eigenvalue weighted by molar-refractivity contribution is -0.116. The molecule has 0 fully saturated rings. The van der Waals surface area contributed by atoms with Crippen molar-refractivity contribution < 1.29 is 9.59 Å². The molecule has 0 aromatic heterocycles. The molecule has 2 aromatic carbocycles. The van der Waals surface area contributed by atoms with Crippen LogP contribution in [0.5, 0.6) is 0 Å². The van der Waals surface area contributed by atoms with E-state index in [1.165, 1.54) is 0 Å². The lowest BCUT2D eigenvalue weighted by Crippen LogP contribution is -2.14. The van der Waals surface area contributed by atoms with Crippen molar-refractivity contribution in [2.75, 3.05) is 10.6 Å². The number of anilines is 2. The first-order chi connectivity index (χ1) is 11.1. The molecular weight excluding hydrogens is 312 g/mol. The second-order valence-corrected chi connectivity index (χ2v) is 5.66. The van der Waals surface area contributed by atoms with Crippen molar-refractivity contribution in [3.05, 3.63) is 59.1 Å². The van der Waals surface area contributed by atoms with Crippen molar-refractivity contribution in [2.45, 2.75) is 26.2 Å². The van der Waals surface area contributed by atoms with Gasteiger partial charge in [0, 0.05) is 22.8 Å². The maximum absolute atomic E-state index is 12.0. The average molecular weight is 331 g/mol. The molecule has 0 unspecified atom stereocenters. The fourth-order valence-electron chi connectivity index (χ4n) is 2.08. The zero-order valence-electron chi connectivity index (χ0n) is 12.9. The van der Waals surface area contributed by atoms with Gasteiger partial charge in [-0.3, -0.25) is 9.59 Å². The van der Waals surface area contributed by atoms with Crippen LogP contribution in [0.3, 0.4) is 0 Å². The Morgan fingerprint density at radius 3 is 1.91 bits per heavy atom. The molecule has 0 aliphatic carbocycles. The van der Waals surface area contributed by atoms with Gasteiger partial charge in [0.1, 0.15) is 0 Å². The molecule has 2 amide bonds. The first-order valence-corrected chi connectivity index (χ1v) is 7.89. The molecule has 2 N–H and O–H groups in total. The van der Waals surface area contributed by atoms with Crippen LogP contribution in [0.4, 0.5) is 11.4 Å². The molecule has 5 heteroatoms. The molecule has 0 saturated heterocycles. The summed E-state index contributed by atoms with van der Waals surface area (Å²) in [5.74, 6) is -0.109. The van der Waals surface area contributed by atoms with E-state index in [0.717, 1.165) is 17.7 Å². The molecule has 0 aliphatic rings. The third-order valence-corrected chi connectivity index (χ3v) is 3.46. The van der Waals surface area contributed by atoms with Crippen LogP contribution < -0.4 is 10.6 Å². The Morgan fingerprint density at radius 2 is 1.39 bits per heavy atom. The van der Waals surface area contributed by atoms with Crippen LogP contribution in [0.2, 0.25) is 5.02 Å². The lowest BCUT2D eigenvalue weighted by Gasteiger charge is -2.08. The highest BCUT2D eigenvalue weighted by atomic mass is 35.5. The van der Waals surface area contributed by atoms with Crippen LogP contribution >= 0.6 is 11.6 Å². The van der Waals surface area contributed by atoms with E-state index in [1.54, 1.807) is 36.4 Å². The van der Waals surface area contributed by atoms with Gasteiger partial charge >= 0.3 is 0 Å². The van der Waals surface area contributed by atoms with E-state index in [0.29, 0.717) is 17.1 Å². The summed E-state index contributed by atoms with van der Waals surface area (Å²) in [4.78, 5) is 23.5. The van der Waals surface area contributed by atoms with Crippen LogP contribution in [-0.2, 0) is 16.0 Å². The molecule has 0 saturated carbocycles. The van der Waals surface area contributed by atoms with Gasteiger partial charge in [0.25, 0.3) is 0 Å². The quantitative estimate of drug-likeness (QED) is 0.831. The van der Waals surface area contributed by atoms with Gasteiger partial charge in [-0.05, 0) is 48.4 Å². The van der Waals surface area contributed by atoms with E-state index in [9.17, 15) is 9.59 Å². The first kappa shape index (κ1) is 17.0. The number of hydrogen-bond donors (Lipinski definition) is 2. The molecule has 2 rings (SSSR count). The number of nitrogens with one attached hydrogen (secondary N) is 2. The first-order valence-electron chi connectivity index (χ1n) is 7.51. The Bertz CT molecular complexity index is 666. The van der Waals surface area contributed by atoms with Gasteiger partial charge in [0.2, 0.25) is 11.8 Å². The van der Waals surface area contributed by atoms with Gasteiger partial charge < -0.3 is 10.6 Å². The van der Waals surface area contributed by atoms with E-state index in [4.69, 9.17) is 11.6 Å². The predicted octanol–water partition coefficient (Wildman–Crippen LogP) is 4.26. The molecule has 0 heterocycles. The second kappa shape index (κ2) is 8.34. The van der Waals surface area contributed by atoms with Gasteiger partial charge in [-0.1, -0.05) is 30.7 Å². The second-order valence-electron chi connectivity index (χ2n) is 5.23. The zero-order chi connectivity index (χ0) is 16.7. The van der Waals surface area contributed by atoms with Crippen LogP contribution in [0.15, 0.2) is 48.5 Å². The Kier molecular flexibility index (Phi) is 6.18. The summed E-state index contributed by atoms with van der Waals surface area (Å²) < 4.78 is 0. The SMILES string of the molecule is CCCC(=O)Nc1ccc(NC(=O)Cc2ccc(Cl)cc2)cc1. The largest absolute Gasteiger partial charge is 0.326 e. The highest BCUT2D eigenvalue weighted by molar-refractivity contribution is 6.30. The molecule has 0 aliphatic heterocycles. The number of hydrogen-bond acceptors (Lipinski definition) is 2. The molecule has 4 nitrogen and oxygen atoms in total. The Balaban J connectivity index is 1.88. The van der Waals surface area contributed by atoms with Crippen LogP contribution in [0.25, 0.3) is 0 Å². The van der Waals surface area contributed by atoms with E-state index in [-0.39, 0.29) is 18.2 Å². The summed E-state index contributed by atoms with van der Waals surface area (Å²) in [6, 6.07) is 14.2. The smallest absolute Gasteiger partial charge is 0.228 e. The highest BCUT2D eigenvalue weighted by Crippen LogP contribution is 2.15. The molecule has 0 atom stereocenters. The van der Waals surface area contributed by atoms with Gasteiger partial charge in [-0.25, -0.2) is 0 Å². The number of halogens is 1. The molecule has 120 valence electrons. The zero-order valence-corrected chi connectivity index (χ0v) is 13.7. The fourth-order valence-corrected chi connectivity index (χ4v) is 2.21. The normalized spacial score (nSPS) is 10.2. The van der Waals surface area contributed by atoms with E-state index in [2.05, 4.69) is 10.6 Å². The lowest BCUT2D eigenvalue weighted by atomic mass is 10.1. The van der Waals surface area contributed by atoms with E-state index in [1.807, 2.05) is 19.1 Å². The van der Waals surface area contributed by atoms with Gasteiger partial charge in [0.05, 0.1) is 6.42 Å². The number of carbonyl (C=O) groups is 2. The van der Waals surface area contributed by atoms with Crippen molar-refractivity contribution in [1.82, 2.24) is 0 Å². The van der Waals surface area contributed by atoms with E-state index < -0.39 is 0 Å². The molecular formula is C18H19ClN2O2. The van der Waals surface area contributed by atoms with Crippen molar-refractivity contribution in [2.24, 2.45) is 0 Å². The Morgan fingerprint density at radius 1 is 0.870 bits per heavy atom.